The summed E-state index contributed by atoms with van der Waals surface area (Å²) >= 11 is 6.23. The van der Waals surface area contributed by atoms with Crippen molar-refractivity contribution in [2.75, 3.05) is 26.0 Å². The molecule has 2 aromatic carbocycles. The Morgan fingerprint density at radius 2 is 1.84 bits per heavy atom. The predicted molar refractivity (Wildman–Crippen MR) is 118 cm³/mol. The quantitative estimate of drug-likeness (QED) is 0.636. The molecule has 0 unspecified atom stereocenters. The summed E-state index contributed by atoms with van der Waals surface area (Å²) in [6.07, 6.45) is 0. The van der Waals surface area contributed by atoms with Gasteiger partial charge in [0.15, 0.2) is 5.69 Å². The molecule has 8 nitrogen and oxygen atoms in total. The second kappa shape index (κ2) is 9.44. The SMILES string of the molecule is COc1ccc(NC(=O)CN(C)C(=O)c2nn(-c3ccccc3Cl)c(C)cc2=O)cc1. The topological polar surface area (TPSA) is 93.5 Å². The maximum Gasteiger partial charge on any atom is 0.278 e. The van der Waals surface area contributed by atoms with Gasteiger partial charge < -0.3 is 15.0 Å². The van der Waals surface area contributed by atoms with Crippen LogP contribution < -0.4 is 15.5 Å². The normalized spacial score (nSPS) is 10.5. The Hall–Kier alpha value is -3.65. The predicted octanol–water partition coefficient (Wildman–Crippen LogP) is 2.91. The van der Waals surface area contributed by atoms with E-state index in [9.17, 15) is 14.4 Å². The lowest BCUT2D eigenvalue weighted by molar-refractivity contribution is -0.116. The Kier molecular flexibility index (Phi) is 6.71. The lowest BCUT2D eigenvalue weighted by Gasteiger charge is -2.18. The van der Waals surface area contributed by atoms with Gasteiger partial charge in [-0.05, 0) is 43.3 Å². The summed E-state index contributed by atoms with van der Waals surface area (Å²) in [5, 5.41) is 7.33. The molecule has 31 heavy (non-hydrogen) atoms. The second-order valence-electron chi connectivity index (χ2n) is 6.80. The minimum Gasteiger partial charge on any atom is -0.497 e. The van der Waals surface area contributed by atoms with Gasteiger partial charge in [-0.1, -0.05) is 23.7 Å². The molecule has 0 aliphatic heterocycles. The number of carbonyl (C=O) groups is 2. The number of anilines is 1. The highest BCUT2D eigenvalue weighted by atomic mass is 35.5. The number of nitrogens with one attached hydrogen (secondary N) is 1. The number of aryl methyl sites for hydroxylation is 1. The van der Waals surface area contributed by atoms with Gasteiger partial charge in [0.1, 0.15) is 5.75 Å². The number of hydrogen-bond acceptors (Lipinski definition) is 5. The first-order valence-corrected chi connectivity index (χ1v) is 9.73. The smallest absolute Gasteiger partial charge is 0.278 e. The summed E-state index contributed by atoms with van der Waals surface area (Å²) in [5.74, 6) is -0.430. The van der Waals surface area contributed by atoms with Crippen molar-refractivity contribution in [1.82, 2.24) is 14.7 Å². The molecule has 0 spiro atoms. The van der Waals surface area contributed by atoms with E-state index in [1.807, 2.05) is 0 Å². The largest absolute Gasteiger partial charge is 0.497 e. The summed E-state index contributed by atoms with van der Waals surface area (Å²) in [6.45, 7) is 1.43. The molecule has 3 rings (SSSR count). The van der Waals surface area contributed by atoms with Crippen LogP contribution in [0.3, 0.4) is 0 Å². The molecule has 0 atom stereocenters. The van der Waals surface area contributed by atoms with Crippen molar-refractivity contribution in [2.45, 2.75) is 6.92 Å². The number of para-hydroxylation sites is 1. The van der Waals surface area contributed by atoms with Crippen LogP contribution in [-0.4, -0.2) is 47.2 Å². The van der Waals surface area contributed by atoms with Crippen molar-refractivity contribution in [3.05, 3.63) is 81.2 Å². The molecule has 160 valence electrons. The Balaban J connectivity index is 1.78. The lowest BCUT2D eigenvalue weighted by Crippen LogP contribution is -2.38. The van der Waals surface area contributed by atoms with Crippen LogP contribution in [0.15, 0.2) is 59.4 Å². The van der Waals surface area contributed by atoms with E-state index in [2.05, 4.69) is 10.4 Å². The summed E-state index contributed by atoms with van der Waals surface area (Å²) in [5.41, 5.74) is 0.782. The fourth-order valence-corrected chi connectivity index (χ4v) is 3.12. The van der Waals surface area contributed by atoms with E-state index in [4.69, 9.17) is 16.3 Å². The van der Waals surface area contributed by atoms with Crippen LogP contribution in [0, 0.1) is 6.92 Å². The van der Waals surface area contributed by atoms with Crippen LogP contribution in [0.25, 0.3) is 5.69 Å². The summed E-state index contributed by atoms with van der Waals surface area (Å²) in [7, 11) is 2.98. The van der Waals surface area contributed by atoms with E-state index in [1.54, 1.807) is 62.6 Å². The van der Waals surface area contributed by atoms with Crippen LogP contribution in [0.4, 0.5) is 5.69 Å². The Morgan fingerprint density at radius 3 is 2.48 bits per heavy atom. The number of ether oxygens (including phenoxy) is 1. The van der Waals surface area contributed by atoms with E-state index in [0.717, 1.165) is 4.90 Å². The van der Waals surface area contributed by atoms with E-state index in [0.29, 0.717) is 27.8 Å². The number of rotatable bonds is 6. The third-order valence-corrected chi connectivity index (χ3v) is 4.81. The molecular formula is C22H21ClN4O4. The molecule has 1 aromatic heterocycles. The molecule has 9 heteroatoms. The van der Waals surface area contributed by atoms with E-state index in [-0.39, 0.29) is 12.2 Å². The number of aromatic nitrogens is 2. The minimum absolute atomic E-state index is 0.258. The molecule has 0 saturated carbocycles. The number of benzene rings is 2. The minimum atomic E-state index is -0.671. The number of carbonyl (C=O) groups excluding carboxylic acids is 2. The number of methoxy groups -OCH3 is 1. The van der Waals surface area contributed by atoms with E-state index < -0.39 is 17.2 Å². The van der Waals surface area contributed by atoms with Gasteiger partial charge in [0.25, 0.3) is 5.91 Å². The summed E-state index contributed by atoms with van der Waals surface area (Å²) in [4.78, 5) is 38.7. The zero-order valence-electron chi connectivity index (χ0n) is 17.3. The van der Waals surface area contributed by atoms with Gasteiger partial charge in [-0.15, -0.1) is 0 Å². The van der Waals surface area contributed by atoms with Gasteiger partial charge in [-0.2, -0.15) is 5.10 Å². The van der Waals surface area contributed by atoms with Gasteiger partial charge in [0.05, 0.1) is 24.4 Å². The van der Waals surface area contributed by atoms with Crippen LogP contribution in [-0.2, 0) is 4.79 Å². The molecule has 2 amide bonds. The van der Waals surface area contributed by atoms with Crippen molar-refractivity contribution in [3.63, 3.8) is 0 Å². The monoisotopic (exact) mass is 440 g/mol. The number of halogens is 1. The lowest BCUT2D eigenvalue weighted by atomic mass is 10.2. The van der Waals surface area contributed by atoms with Crippen molar-refractivity contribution in [2.24, 2.45) is 0 Å². The van der Waals surface area contributed by atoms with Gasteiger partial charge in [0.2, 0.25) is 11.3 Å². The molecule has 1 heterocycles. The molecule has 1 N–H and O–H groups in total. The summed E-state index contributed by atoms with van der Waals surface area (Å²) < 4.78 is 6.51. The van der Waals surface area contributed by atoms with Crippen molar-refractivity contribution in [1.29, 1.82) is 0 Å². The molecular weight excluding hydrogens is 420 g/mol. The highest BCUT2D eigenvalue weighted by molar-refractivity contribution is 6.32. The molecule has 3 aromatic rings. The molecule has 0 bridgehead atoms. The van der Waals surface area contributed by atoms with Crippen LogP contribution in [0.1, 0.15) is 16.2 Å². The Bertz CT molecular complexity index is 1170. The maximum absolute atomic E-state index is 12.8. The van der Waals surface area contributed by atoms with E-state index in [1.165, 1.54) is 17.8 Å². The second-order valence-corrected chi connectivity index (χ2v) is 7.21. The maximum atomic E-state index is 12.8. The number of hydrogen-bond donors (Lipinski definition) is 1. The standard InChI is InChI=1S/C22H21ClN4O4/c1-14-12-19(28)21(25-27(14)18-7-5-4-6-17(18)23)22(30)26(2)13-20(29)24-15-8-10-16(31-3)11-9-15/h4-12H,13H2,1-3H3,(H,24,29). The van der Waals surface area contributed by atoms with E-state index >= 15 is 0 Å². The van der Waals surface area contributed by atoms with Gasteiger partial charge >= 0.3 is 0 Å². The first-order valence-electron chi connectivity index (χ1n) is 9.35. The summed E-state index contributed by atoms with van der Waals surface area (Å²) in [6, 6.07) is 15.1. The number of amides is 2. The molecule has 0 aliphatic rings. The van der Waals surface area contributed by atoms with Gasteiger partial charge in [-0.3, -0.25) is 14.4 Å². The number of nitrogens with zero attached hydrogens (tertiary/aromatic N) is 3. The third-order valence-electron chi connectivity index (χ3n) is 4.49. The average Bonchev–Trinajstić information content (AvgIpc) is 2.74. The molecule has 0 saturated heterocycles. The fourth-order valence-electron chi connectivity index (χ4n) is 2.91. The van der Waals surface area contributed by atoms with Crippen LogP contribution >= 0.6 is 11.6 Å². The van der Waals surface area contributed by atoms with Gasteiger partial charge in [-0.25, -0.2) is 4.68 Å². The molecule has 0 fully saturated rings. The molecule has 0 radical (unpaired) electrons. The average molecular weight is 441 g/mol. The fraction of sp³-hybridized carbons (Fsp3) is 0.182. The zero-order valence-corrected chi connectivity index (χ0v) is 18.0. The Labute approximate surface area is 184 Å². The first-order chi connectivity index (χ1) is 14.8. The number of likely N-dealkylation sites (N-methyl/N-ethyl adjacent to an activating group) is 1. The van der Waals surface area contributed by atoms with Crippen molar-refractivity contribution >= 4 is 29.1 Å². The highest BCUT2D eigenvalue weighted by Crippen LogP contribution is 2.20. The Morgan fingerprint density at radius 1 is 1.16 bits per heavy atom. The van der Waals surface area contributed by atoms with Crippen LogP contribution in [0.2, 0.25) is 5.02 Å². The third kappa shape index (κ3) is 5.10. The zero-order chi connectivity index (χ0) is 22.5. The van der Waals surface area contributed by atoms with Crippen molar-refractivity contribution in [3.8, 4) is 11.4 Å². The highest BCUT2D eigenvalue weighted by Gasteiger charge is 2.21. The van der Waals surface area contributed by atoms with Crippen molar-refractivity contribution < 1.29 is 14.3 Å². The van der Waals surface area contributed by atoms with Gasteiger partial charge in [0, 0.05) is 24.5 Å². The first kappa shape index (κ1) is 22.0. The van der Waals surface area contributed by atoms with Crippen LogP contribution in [0.5, 0.6) is 5.75 Å². The molecule has 0 aliphatic carbocycles.